The van der Waals surface area contributed by atoms with Crippen LogP contribution in [0.25, 0.3) is 0 Å². The zero-order chi connectivity index (χ0) is 24.1. The highest BCUT2D eigenvalue weighted by Gasteiger charge is 2.70. The number of hydrogen-bond acceptors (Lipinski definition) is 6. The summed E-state index contributed by atoms with van der Waals surface area (Å²) in [5.74, 6) is -12.5. The molecule has 2 aromatic carbocycles. The van der Waals surface area contributed by atoms with Gasteiger partial charge in [-0.2, -0.15) is 13.2 Å². The molecular weight excluding hydrogens is 465 g/mol. The van der Waals surface area contributed by atoms with E-state index in [0.29, 0.717) is 0 Å². The minimum Gasteiger partial charge on any atom is -0.466 e. The Balaban J connectivity index is 2.05. The summed E-state index contributed by atoms with van der Waals surface area (Å²) in [6.45, 7) is 1.08. The molecule has 4 rings (SSSR count). The van der Waals surface area contributed by atoms with E-state index >= 15 is 0 Å². The normalized spacial score (nSPS) is 24.7. The summed E-state index contributed by atoms with van der Waals surface area (Å²) < 4.78 is 52.2. The van der Waals surface area contributed by atoms with Crippen molar-refractivity contribution in [1.29, 1.82) is 0 Å². The number of esters is 1. The predicted molar refractivity (Wildman–Crippen MR) is 109 cm³/mol. The van der Waals surface area contributed by atoms with Gasteiger partial charge in [0, 0.05) is 22.1 Å². The van der Waals surface area contributed by atoms with Crippen molar-refractivity contribution in [2.24, 2.45) is 5.92 Å². The molecular formula is C23H16ClF3O6. The molecule has 10 heteroatoms. The molecule has 0 saturated carbocycles. The largest absolute Gasteiger partial charge is 0.466 e. The number of rotatable bonds is 3. The monoisotopic (exact) mass is 480 g/mol. The van der Waals surface area contributed by atoms with Gasteiger partial charge in [0.2, 0.25) is 5.78 Å². The molecule has 1 aliphatic carbocycles. The van der Waals surface area contributed by atoms with Crippen molar-refractivity contribution in [3.8, 4) is 0 Å². The van der Waals surface area contributed by atoms with Crippen molar-refractivity contribution in [3.63, 3.8) is 0 Å². The summed E-state index contributed by atoms with van der Waals surface area (Å²) in [6, 6.07) is 10.9. The molecule has 1 N–H and O–H groups in total. The summed E-state index contributed by atoms with van der Waals surface area (Å²) in [6.07, 6.45) is -5.52. The van der Waals surface area contributed by atoms with E-state index in [4.69, 9.17) is 21.1 Å². The number of halogens is 4. The van der Waals surface area contributed by atoms with E-state index < -0.39 is 52.7 Å². The van der Waals surface area contributed by atoms with Crippen LogP contribution in [-0.2, 0) is 14.3 Å². The van der Waals surface area contributed by atoms with Gasteiger partial charge < -0.3 is 14.6 Å². The first-order valence-electron chi connectivity index (χ1n) is 9.84. The minimum atomic E-state index is -5.52. The number of aliphatic hydroxyl groups is 1. The molecule has 1 aliphatic heterocycles. The number of benzene rings is 2. The first-order valence-corrected chi connectivity index (χ1v) is 10.2. The summed E-state index contributed by atoms with van der Waals surface area (Å²) in [4.78, 5) is 39.3. The highest BCUT2D eigenvalue weighted by molar-refractivity contribution is 6.30. The SMILES string of the molecule is CCOC(=O)[C@H]1[C@H](c2ccc(Cl)cc2)C2=C(O[C@]1(O)C(F)(F)F)C(=O)c1ccccc1C2=O. The fourth-order valence-electron chi connectivity index (χ4n) is 4.16. The molecule has 1 heterocycles. The van der Waals surface area contributed by atoms with Crippen LogP contribution in [0.3, 0.4) is 0 Å². The number of ether oxygens (including phenoxy) is 2. The summed E-state index contributed by atoms with van der Waals surface area (Å²) >= 11 is 5.91. The van der Waals surface area contributed by atoms with E-state index in [-0.39, 0.29) is 28.3 Å². The topological polar surface area (TPSA) is 89.9 Å². The number of ketones is 2. The lowest BCUT2D eigenvalue weighted by Gasteiger charge is -2.45. The molecule has 0 aromatic heterocycles. The Morgan fingerprint density at radius 2 is 1.67 bits per heavy atom. The highest BCUT2D eigenvalue weighted by Crippen LogP contribution is 2.54. The lowest BCUT2D eigenvalue weighted by molar-refractivity contribution is -0.375. The number of carbonyl (C=O) groups is 3. The van der Waals surface area contributed by atoms with Gasteiger partial charge in [-0.25, -0.2) is 0 Å². The van der Waals surface area contributed by atoms with Crippen LogP contribution >= 0.6 is 11.6 Å². The lowest BCUT2D eigenvalue weighted by atomic mass is 9.69. The molecule has 0 radical (unpaired) electrons. The minimum absolute atomic E-state index is 0.0384. The Bertz CT molecular complexity index is 1190. The summed E-state index contributed by atoms with van der Waals surface area (Å²) in [7, 11) is 0. The van der Waals surface area contributed by atoms with E-state index in [1.165, 1.54) is 55.5 Å². The second-order valence-electron chi connectivity index (χ2n) is 7.50. The first kappa shape index (κ1) is 23.0. The third-order valence-electron chi connectivity index (χ3n) is 5.61. The van der Waals surface area contributed by atoms with Gasteiger partial charge in [0.05, 0.1) is 12.2 Å². The van der Waals surface area contributed by atoms with Crippen molar-refractivity contribution in [2.75, 3.05) is 6.61 Å². The van der Waals surface area contributed by atoms with Gasteiger partial charge >= 0.3 is 17.9 Å². The van der Waals surface area contributed by atoms with Gasteiger partial charge in [0.25, 0.3) is 0 Å². The van der Waals surface area contributed by atoms with Crippen LogP contribution < -0.4 is 0 Å². The number of fused-ring (bicyclic) bond motifs is 1. The first-order chi connectivity index (χ1) is 15.5. The molecule has 0 saturated heterocycles. The van der Waals surface area contributed by atoms with Crippen LogP contribution in [0.15, 0.2) is 59.9 Å². The Kier molecular flexibility index (Phi) is 5.58. The second kappa shape index (κ2) is 8.00. The second-order valence-corrected chi connectivity index (χ2v) is 7.94. The number of allylic oxidation sites excluding steroid dienone is 2. The molecule has 2 aromatic rings. The zero-order valence-electron chi connectivity index (χ0n) is 17.0. The Labute approximate surface area is 190 Å². The molecule has 2 aliphatic rings. The van der Waals surface area contributed by atoms with Crippen molar-refractivity contribution in [2.45, 2.75) is 24.8 Å². The predicted octanol–water partition coefficient (Wildman–Crippen LogP) is 4.22. The fraction of sp³-hybridized carbons (Fsp3) is 0.261. The van der Waals surface area contributed by atoms with E-state index in [1.807, 2.05) is 0 Å². The van der Waals surface area contributed by atoms with Crippen molar-refractivity contribution in [3.05, 3.63) is 81.6 Å². The molecule has 172 valence electrons. The van der Waals surface area contributed by atoms with Crippen molar-refractivity contribution in [1.82, 2.24) is 0 Å². The van der Waals surface area contributed by atoms with Crippen LogP contribution in [0.2, 0.25) is 5.02 Å². The zero-order valence-corrected chi connectivity index (χ0v) is 17.7. The standard InChI is InChI=1S/C23H16ClF3O6/c1-2-32-21(30)17-15(11-7-9-12(24)10-8-11)16-18(28)13-5-3-4-6-14(13)19(29)20(16)33-22(17,31)23(25,26)27/h3-10,15,17,31H,2H2,1H3/t15-,17-,22+/m1/s1. The molecule has 0 spiro atoms. The number of Topliss-reactive ketones (excluding diaryl/α,β-unsaturated/α-hetero) is 2. The fourth-order valence-corrected chi connectivity index (χ4v) is 4.28. The van der Waals surface area contributed by atoms with Crippen LogP contribution in [-0.4, -0.2) is 41.2 Å². The van der Waals surface area contributed by atoms with E-state index in [2.05, 4.69) is 0 Å². The van der Waals surface area contributed by atoms with E-state index in [1.54, 1.807) is 0 Å². The van der Waals surface area contributed by atoms with E-state index in [9.17, 15) is 32.7 Å². The molecule has 0 fully saturated rings. The number of hydrogen-bond donors (Lipinski definition) is 1. The maximum atomic E-state index is 14.2. The quantitative estimate of drug-likeness (QED) is 0.662. The molecule has 0 bridgehead atoms. The Hall–Kier alpha value is -3.17. The van der Waals surface area contributed by atoms with Crippen LogP contribution in [0.5, 0.6) is 0 Å². The molecule has 0 amide bonds. The lowest BCUT2D eigenvalue weighted by Crippen LogP contribution is -2.61. The maximum absolute atomic E-state index is 14.2. The number of carbonyl (C=O) groups excluding carboxylic acids is 3. The Morgan fingerprint density at radius 1 is 1.09 bits per heavy atom. The summed E-state index contributed by atoms with van der Waals surface area (Å²) in [5, 5.41) is 11.0. The van der Waals surface area contributed by atoms with Gasteiger partial charge in [-0.3, -0.25) is 14.4 Å². The average Bonchev–Trinajstić information content (AvgIpc) is 2.76. The van der Waals surface area contributed by atoms with Gasteiger partial charge in [0.15, 0.2) is 11.5 Å². The van der Waals surface area contributed by atoms with E-state index in [0.717, 1.165) is 0 Å². The van der Waals surface area contributed by atoms with Crippen LogP contribution in [0.4, 0.5) is 13.2 Å². The Morgan fingerprint density at radius 3 is 2.21 bits per heavy atom. The van der Waals surface area contributed by atoms with Gasteiger partial charge in [-0.15, -0.1) is 0 Å². The maximum Gasteiger partial charge on any atom is 0.456 e. The average molecular weight is 481 g/mol. The van der Waals surface area contributed by atoms with Crippen LogP contribution in [0, 0.1) is 5.92 Å². The van der Waals surface area contributed by atoms with Gasteiger partial charge in [-0.1, -0.05) is 48.0 Å². The molecule has 0 unspecified atom stereocenters. The molecule has 6 nitrogen and oxygen atoms in total. The third-order valence-corrected chi connectivity index (χ3v) is 5.86. The smallest absolute Gasteiger partial charge is 0.456 e. The van der Waals surface area contributed by atoms with Crippen LogP contribution in [0.1, 0.15) is 39.1 Å². The highest BCUT2D eigenvalue weighted by atomic mass is 35.5. The number of alkyl halides is 3. The van der Waals surface area contributed by atoms with Gasteiger partial charge in [-0.05, 0) is 24.6 Å². The van der Waals surface area contributed by atoms with Gasteiger partial charge in [0.1, 0.15) is 5.92 Å². The molecule has 33 heavy (non-hydrogen) atoms. The summed E-state index contributed by atoms with van der Waals surface area (Å²) in [5.41, 5.74) is -0.649. The van der Waals surface area contributed by atoms with Crippen molar-refractivity contribution < 1.29 is 42.1 Å². The molecule has 3 atom stereocenters. The van der Waals surface area contributed by atoms with Crippen molar-refractivity contribution >= 4 is 29.1 Å². The third kappa shape index (κ3) is 3.52.